The van der Waals surface area contributed by atoms with E-state index in [-0.39, 0.29) is 6.04 Å². The minimum absolute atomic E-state index is 0.0318. The fourth-order valence-corrected chi connectivity index (χ4v) is 4.69. The van der Waals surface area contributed by atoms with Crippen LogP contribution in [0.2, 0.25) is 0 Å². The first kappa shape index (κ1) is 25.7. The molecule has 1 saturated heterocycles. The molecule has 1 heterocycles. The Hall–Kier alpha value is -3.42. The molecule has 36 heavy (non-hydrogen) atoms. The van der Waals surface area contributed by atoms with Crippen LogP contribution in [0.15, 0.2) is 60.7 Å². The monoisotopic (exact) mass is 492 g/mol. The van der Waals surface area contributed by atoms with Gasteiger partial charge in [-0.15, -0.1) is 0 Å². The van der Waals surface area contributed by atoms with Gasteiger partial charge in [0.2, 0.25) is 5.75 Å². The molecule has 1 aliphatic rings. The number of nitrogens with zero attached hydrogens (tertiary/aromatic N) is 1. The van der Waals surface area contributed by atoms with Crippen molar-refractivity contribution < 1.29 is 23.7 Å². The molecule has 1 atom stereocenters. The van der Waals surface area contributed by atoms with Crippen LogP contribution in [-0.2, 0) is 6.61 Å². The maximum absolute atomic E-state index is 6.20. The lowest BCUT2D eigenvalue weighted by Crippen LogP contribution is -2.33. The second-order valence-electron chi connectivity index (χ2n) is 8.69. The fourth-order valence-electron chi connectivity index (χ4n) is 4.69. The van der Waals surface area contributed by atoms with Crippen LogP contribution in [0, 0.1) is 0 Å². The van der Waals surface area contributed by atoms with Gasteiger partial charge in [-0.25, -0.2) is 0 Å². The Bertz CT molecular complexity index is 1090. The lowest BCUT2D eigenvalue weighted by Gasteiger charge is -2.32. The van der Waals surface area contributed by atoms with E-state index >= 15 is 0 Å². The minimum Gasteiger partial charge on any atom is -0.493 e. The molecule has 1 unspecified atom stereocenters. The summed E-state index contributed by atoms with van der Waals surface area (Å²) in [7, 11) is 6.64. The van der Waals surface area contributed by atoms with Crippen LogP contribution in [-0.4, -0.2) is 59.5 Å². The van der Waals surface area contributed by atoms with Gasteiger partial charge in [-0.2, -0.15) is 0 Å². The topological polar surface area (TPSA) is 61.4 Å². The number of ether oxygens (including phenoxy) is 5. The summed E-state index contributed by atoms with van der Waals surface area (Å²) in [5.41, 5.74) is 3.24. The van der Waals surface area contributed by atoms with Crippen molar-refractivity contribution in [1.29, 1.82) is 0 Å². The highest BCUT2D eigenvalue weighted by molar-refractivity contribution is 5.56. The molecule has 192 valence electrons. The molecule has 0 aromatic heterocycles. The second-order valence-corrected chi connectivity index (χ2v) is 8.69. The summed E-state index contributed by atoms with van der Waals surface area (Å²) in [5.74, 6) is 3.28. The Labute approximate surface area is 213 Å². The van der Waals surface area contributed by atoms with E-state index in [9.17, 15) is 0 Å². The first-order valence-corrected chi connectivity index (χ1v) is 12.3. The van der Waals surface area contributed by atoms with Crippen molar-refractivity contribution in [2.45, 2.75) is 19.1 Å². The van der Waals surface area contributed by atoms with Gasteiger partial charge >= 0.3 is 0 Å². The van der Waals surface area contributed by atoms with Crippen LogP contribution >= 0.6 is 0 Å². The van der Waals surface area contributed by atoms with E-state index in [4.69, 9.17) is 23.7 Å². The highest BCUT2D eigenvalue weighted by Crippen LogP contribution is 2.44. The third-order valence-corrected chi connectivity index (χ3v) is 6.49. The van der Waals surface area contributed by atoms with Crippen LogP contribution in [0.4, 0.5) is 0 Å². The molecule has 7 heteroatoms. The third-order valence-electron chi connectivity index (χ3n) is 6.49. The smallest absolute Gasteiger partial charge is 0.203 e. The van der Waals surface area contributed by atoms with Crippen LogP contribution in [0.25, 0.3) is 0 Å². The Balaban J connectivity index is 1.76. The van der Waals surface area contributed by atoms with Crippen molar-refractivity contribution in [3.05, 3.63) is 77.4 Å². The number of hydrogen-bond acceptors (Lipinski definition) is 7. The predicted molar refractivity (Wildman–Crippen MR) is 141 cm³/mol. The summed E-state index contributed by atoms with van der Waals surface area (Å²) in [6, 6.07) is 20.3. The fraction of sp³-hybridized carbons (Fsp3) is 0.379. The molecule has 0 amide bonds. The molecule has 0 aliphatic carbocycles. The summed E-state index contributed by atoms with van der Waals surface area (Å²) in [6.07, 6.45) is 1.07. The van der Waals surface area contributed by atoms with Crippen LogP contribution < -0.4 is 29.0 Å². The van der Waals surface area contributed by atoms with Gasteiger partial charge in [0.1, 0.15) is 6.61 Å². The van der Waals surface area contributed by atoms with Gasteiger partial charge < -0.3 is 29.0 Å². The molecular formula is C29H36N2O5. The molecular weight excluding hydrogens is 456 g/mol. The molecule has 0 saturated carbocycles. The maximum atomic E-state index is 6.20. The Morgan fingerprint density at radius 2 is 1.39 bits per heavy atom. The summed E-state index contributed by atoms with van der Waals surface area (Å²) in [6.45, 7) is 4.23. The molecule has 1 N–H and O–H groups in total. The molecule has 0 radical (unpaired) electrons. The molecule has 0 spiro atoms. The number of hydrogen-bond donors (Lipinski definition) is 1. The van der Waals surface area contributed by atoms with Crippen molar-refractivity contribution in [3.8, 4) is 28.7 Å². The molecule has 3 aromatic carbocycles. The van der Waals surface area contributed by atoms with Crippen LogP contribution in [0.3, 0.4) is 0 Å². The van der Waals surface area contributed by atoms with Gasteiger partial charge in [0, 0.05) is 19.6 Å². The lowest BCUT2D eigenvalue weighted by atomic mass is 9.95. The van der Waals surface area contributed by atoms with Gasteiger partial charge in [0.05, 0.1) is 34.5 Å². The van der Waals surface area contributed by atoms with Gasteiger partial charge in [-0.3, -0.25) is 4.90 Å². The Kier molecular flexibility index (Phi) is 8.92. The number of benzene rings is 3. The van der Waals surface area contributed by atoms with Crippen molar-refractivity contribution in [2.75, 3.05) is 54.6 Å². The van der Waals surface area contributed by atoms with E-state index in [2.05, 4.69) is 34.5 Å². The van der Waals surface area contributed by atoms with E-state index in [1.54, 1.807) is 28.4 Å². The molecule has 1 fully saturated rings. The van der Waals surface area contributed by atoms with Gasteiger partial charge in [-0.05, 0) is 53.9 Å². The molecule has 7 nitrogen and oxygen atoms in total. The summed E-state index contributed by atoms with van der Waals surface area (Å²) < 4.78 is 29.0. The van der Waals surface area contributed by atoms with Crippen molar-refractivity contribution in [2.24, 2.45) is 0 Å². The van der Waals surface area contributed by atoms with Crippen molar-refractivity contribution in [1.82, 2.24) is 10.2 Å². The Morgan fingerprint density at radius 1 is 0.722 bits per heavy atom. The van der Waals surface area contributed by atoms with Gasteiger partial charge in [0.25, 0.3) is 0 Å². The van der Waals surface area contributed by atoms with Crippen molar-refractivity contribution >= 4 is 0 Å². The quantitative estimate of drug-likeness (QED) is 0.441. The van der Waals surface area contributed by atoms with Gasteiger partial charge in [-0.1, -0.05) is 36.4 Å². The molecule has 3 aromatic rings. The zero-order valence-electron chi connectivity index (χ0n) is 21.6. The first-order chi connectivity index (χ1) is 17.7. The van der Waals surface area contributed by atoms with E-state index in [1.165, 1.54) is 0 Å². The average Bonchev–Trinajstić information content (AvgIpc) is 3.21. The van der Waals surface area contributed by atoms with E-state index in [0.717, 1.165) is 49.3 Å². The third kappa shape index (κ3) is 5.86. The Morgan fingerprint density at radius 3 is 2.06 bits per heavy atom. The molecule has 1 aliphatic heterocycles. The normalized spacial score (nSPS) is 15.0. The summed E-state index contributed by atoms with van der Waals surface area (Å²) in [5, 5.41) is 3.51. The van der Waals surface area contributed by atoms with Crippen LogP contribution in [0.5, 0.6) is 28.7 Å². The van der Waals surface area contributed by atoms with Crippen LogP contribution in [0.1, 0.15) is 29.2 Å². The zero-order valence-corrected chi connectivity index (χ0v) is 21.6. The predicted octanol–water partition coefficient (Wildman–Crippen LogP) is 4.68. The van der Waals surface area contributed by atoms with Crippen molar-refractivity contribution in [3.63, 3.8) is 0 Å². The number of methoxy groups -OCH3 is 4. The lowest BCUT2D eigenvalue weighted by molar-refractivity contribution is 0.237. The second kappa shape index (κ2) is 12.5. The zero-order chi connectivity index (χ0) is 25.3. The SMILES string of the molecule is COc1ccc(C(c2cc(OC)c(OCc3ccccc3)c(OC)c2)N2CCCNCC2)cc1OC. The number of rotatable bonds is 10. The molecule has 0 bridgehead atoms. The summed E-state index contributed by atoms with van der Waals surface area (Å²) >= 11 is 0. The average molecular weight is 493 g/mol. The number of nitrogens with one attached hydrogen (secondary N) is 1. The molecule has 4 rings (SSSR count). The first-order valence-electron chi connectivity index (χ1n) is 12.3. The minimum atomic E-state index is -0.0318. The highest BCUT2D eigenvalue weighted by atomic mass is 16.5. The van der Waals surface area contributed by atoms with E-state index in [1.807, 2.05) is 36.4 Å². The summed E-state index contributed by atoms with van der Waals surface area (Å²) in [4.78, 5) is 2.49. The standard InChI is InChI=1S/C29H36N2O5/c1-32-24-12-11-22(17-25(24)33-2)28(31-15-8-13-30-14-16-31)23-18-26(34-3)29(27(19-23)35-4)36-20-21-9-6-5-7-10-21/h5-7,9-12,17-19,28,30H,8,13-16,20H2,1-4H3. The largest absolute Gasteiger partial charge is 0.493 e. The highest BCUT2D eigenvalue weighted by Gasteiger charge is 2.27. The van der Waals surface area contributed by atoms with E-state index < -0.39 is 0 Å². The van der Waals surface area contributed by atoms with E-state index in [0.29, 0.717) is 35.4 Å². The maximum Gasteiger partial charge on any atom is 0.203 e. The van der Waals surface area contributed by atoms with Gasteiger partial charge in [0.15, 0.2) is 23.0 Å².